The van der Waals surface area contributed by atoms with E-state index in [0.717, 1.165) is 13.0 Å². The van der Waals surface area contributed by atoms with E-state index in [1.54, 1.807) is 14.1 Å². The molecule has 2 aliphatic rings. The van der Waals surface area contributed by atoms with E-state index >= 15 is 0 Å². The summed E-state index contributed by atoms with van der Waals surface area (Å²) in [5.74, 6) is 0. The summed E-state index contributed by atoms with van der Waals surface area (Å²) in [4.78, 5) is 2.43. The normalized spacial score (nSPS) is 32.5. The maximum Gasteiger partial charge on any atom is 0.279 e. The molecule has 1 N–H and O–H groups in total. The quantitative estimate of drug-likeness (QED) is 0.761. The van der Waals surface area contributed by atoms with Crippen LogP contribution in [0.1, 0.15) is 26.2 Å². The van der Waals surface area contributed by atoms with Gasteiger partial charge in [0.2, 0.25) is 0 Å². The third-order valence-corrected chi connectivity index (χ3v) is 5.03. The van der Waals surface area contributed by atoms with Gasteiger partial charge in [0.15, 0.2) is 0 Å². The summed E-state index contributed by atoms with van der Waals surface area (Å²) >= 11 is 0. The van der Waals surface area contributed by atoms with Crippen LogP contribution in [0.4, 0.5) is 0 Å². The first-order valence-corrected chi connectivity index (χ1v) is 7.29. The molecule has 1 aliphatic heterocycles. The summed E-state index contributed by atoms with van der Waals surface area (Å²) in [7, 11) is -0.167. The second kappa shape index (κ2) is 4.25. The average Bonchev–Trinajstić information content (AvgIpc) is 2.91. The van der Waals surface area contributed by atoms with Crippen molar-refractivity contribution in [2.45, 2.75) is 44.3 Å². The van der Waals surface area contributed by atoms with E-state index in [1.807, 2.05) is 0 Å². The molecule has 0 amide bonds. The highest BCUT2D eigenvalue weighted by Gasteiger charge is 2.39. The van der Waals surface area contributed by atoms with Gasteiger partial charge in [-0.3, -0.25) is 4.90 Å². The molecule has 1 heterocycles. The summed E-state index contributed by atoms with van der Waals surface area (Å²) in [6, 6.07) is 1.29. The lowest BCUT2D eigenvalue weighted by Crippen LogP contribution is -2.43. The lowest BCUT2D eigenvalue weighted by molar-refractivity contribution is 0.256. The van der Waals surface area contributed by atoms with E-state index in [1.165, 1.54) is 17.1 Å². The van der Waals surface area contributed by atoms with Gasteiger partial charge in [0.25, 0.3) is 10.2 Å². The van der Waals surface area contributed by atoms with Gasteiger partial charge < -0.3 is 0 Å². The first-order valence-electron chi connectivity index (χ1n) is 5.85. The van der Waals surface area contributed by atoms with E-state index in [-0.39, 0.29) is 6.04 Å². The minimum Gasteiger partial charge on any atom is -0.296 e. The van der Waals surface area contributed by atoms with Crippen LogP contribution in [0.3, 0.4) is 0 Å². The predicted molar refractivity (Wildman–Crippen MR) is 63.3 cm³/mol. The number of hydrogen-bond donors (Lipinski definition) is 1. The molecule has 6 heteroatoms. The van der Waals surface area contributed by atoms with Crippen LogP contribution < -0.4 is 4.72 Å². The van der Waals surface area contributed by atoms with Crippen molar-refractivity contribution in [2.75, 3.05) is 20.6 Å². The fourth-order valence-corrected chi connectivity index (χ4v) is 3.18. The Kier molecular flexibility index (Phi) is 3.27. The minimum atomic E-state index is -3.28. The van der Waals surface area contributed by atoms with Crippen molar-refractivity contribution in [1.29, 1.82) is 0 Å². The van der Waals surface area contributed by atoms with Crippen molar-refractivity contribution in [1.82, 2.24) is 13.9 Å². The van der Waals surface area contributed by atoms with E-state index in [2.05, 4.69) is 16.5 Å². The van der Waals surface area contributed by atoms with Gasteiger partial charge in [-0.25, -0.2) is 0 Å². The van der Waals surface area contributed by atoms with Gasteiger partial charge in [-0.05, 0) is 26.2 Å². The maximum absolute atomic E-state index is 11.7. The molecule has 0 unspecified atom stereocenters. The number of nitrogens with zero attached hydrogens (tertiary/aromatic N) is 2. The molecule has 0 aromatic carbocycles. The van der Waals surface area contributed by atoms with Crippen LogP contribution in [-0.4, -0.2) is 56.4 Å². The van der Waals surface area contributed by atoms with E-state index in [9.17, 15) is 8.42 Å². The SMILES string of the molecule is C[C@H]1C[C@H](NS(=O)(=O)N(C)C)CN1C1CC1. The zero-order valence-electron chi connectivity index (χ0n) is 10.2. The number of hydrogen-bond acceptors (Lipinski definition) is 3. The van der Waals surface area contributed by atoms with E-state index < -0.39 is 10.2 Å². The Labute approximate surface area is 98.0 Å². The highest BCUT2D eigenvalue weighted by atomic mass is 32.2. The first-order chi connectivity index (χ1) is 7.40. The van der Waals surface area contributed by atoms with Gasteiger partial charge in [0.05, 0.1) is 0 Å². The van der Waals surface area contributed by atoms with Gasteiger partial charge in [-0.15, -0.1) is 0 Å². The molecule has 94 valence electrons. The summed E-state index contributed by atoms with van der Waals surface area (Å²) in [5.41, 5.74) is 0. The second-order valence-electron chi connectivity index (χ2n) is 5.11. The molecule has 2 rings (SSSR count). The zero-order valence-corrected chi connectivity index (χ0v) is 11.0. The smallest absolute Gasteiger partial charge is 0.279 e. The zero-order chi connectivity index (χ0) is 11.9. The van der Waals surface area contributed by atoms with Gasteiger partial charge in [-0.2, -0.15) is 17.4 Å². The van der Waals surface area contributed by atoms with Crippen LogP contribution in [0.25, 0.3) is 0 Å². The van der Waals surface area contributed by atoms with Crippen LogP contribution in [0, 0.1) is 0 Å². The topological polar surface area (TPSA) is 52.7 Å². The molecule has 0 aromatic heterocycles. The first kappa shape index (κ1) is 12.3. The van der Waals surface area contributed by atoms with Gasteiger partial charge in [-0.1, -0.05) is 0 Å². The molecule has 16 heavy (non-hydrogen) atoms. The Morgan fingerprint density at radius 1 is 1.31 bits per heavy atom. The molecule has 2 atom stereocenters. The molecular weight excluding hydrogens is 226 g/mol. The highest BCUT2D eigenvalue weighted by molar-refractivity contribution is 7.87. The molecule has 2 fully saturated rings. The van der Waals surface area contributed by atoms with Crippen LogP contribution in [0.15, 0.2) is 0 Å². The fraction of sp³-hybridized carbons (Fsp3) is 1.00. The maximum atomic E-state index is 11.7. The van der Waals surface area contributed by atoms with Gasteiger partial charge >= 0.3 is 0 Å². The van der Waals surface area contributed by atoms with Crippen LogP contribution in [0.2, 0.25) is 0 Å². The fourth-order valence-electron chi connectivity index (χ4n) is 2.37. The average molecular weight is 247 g/mol. The number of likely N-dealkylation sites (tertiary alicyclic amines) is 1. The summed E-state index contributed by atoms with van der Waals surface area (Å²) in [5, 5.41) is 0. The largest absolute Gasteiger partial charge is 0.296 e. The lowest BCUT2D eigenvalue weighted by Gasteiger charge is -2.20. The van der Waals surface area contributed by atoms with Crippen molar-refractivity contribution < 1.29 is 8.42 Å². The Morgan fingerprint density at radius 3 is 2.44 bits per heavy atom. The Morgan fingerprint density at radius 2 is 1.94 bits per heavy atom. The van der Waals surface area contributed by atoms with Gasteiger partial charge in [0.1, 0.15) is 0 Å². The van der Waals surface area contributed by atoms with Crippen molar-refractivity contribution >= 4 is 10.2 Å². The molecular formula is C10H21N3O2S. The predicted octanol–water partition coefficient (Wildman–Crippen LogP) is 0.00760. The standard InChI is InChI=1S/C10H21N3O2S/c1-8-6-9(7-13(8)10-4-5-10)11-16(14,15)12(2)3/h8-11H,4-7H2,1-3H3/t8-,9-/m0/s1. The Balaban J connectivity index is 1.93. The monoisotopic (exact) mass is 247 g/mol. The summed E-state index contributed by atoms with van der Waals surface area (Å²) < 4.78 is 27.4. The van der Waals surface area contributed by atoms with Crippen molar-refractivity contribution in [3.05, 3.63) is 0 Å². The third-order valence-electron chi connectivity index (χ3n) is 3.44. The summed E-state index contributed by atoms with van der Waals surface area (Å²) in [6.45, 7) is 3.04. The third kappa shape index (κ3) is 2.56. The van der Waals surface area contributed by atoms with Crippen LogP contribution >= 0.6 is 0 Å². The molecule has 1 saturated carbocycles. The molecule has 0 aromatic rings. The van der Waals surface area contributed by atoms with Crippen molar-refractivity contribution in [3.63, 3.8) is 0 Å². The lowest BCUT2D eigenvalue weighted by atomic mass is 10.2. The van der Waals surface area contributed by atoms with Crippen LogP contribution in [0.5, 0.6) is 0 Å². The van der Waals surface area contributed by atoms with Crippen molar-refractivity contribution in [3.8, 4) is 0 Å². The molecule has 1 saturated heterocycles. The Hall–Kier alpha value is -0.170. The van der Waals surface area contributed by atoms with Crippen LogP contribution in [-0.2, 0) is 10.2 Å². The summed E-state index contributed by atoms with van der Waals surface area (Å²) in [6.07, 6.45) is 3.47. The highest BCUT2D eigenvalue weighted by Crippen LogP contribution is 2.33. The van der Waals surface area contributed by atoms with Gasteiger partial charge in [0, 0.05) is 38.8 Å². The minimum absolute atomic E-state index is 0.0722. The molecule has 0 radical (unpaired) electrons. The van der Waals surface area contributed by atoms with E-state index in [0.29, 0.717) is 12.1 Å². The number of rotatable bonds is 4. The molecule has 0 spiro atoms. The number of nitrogens with one attached hydrogen (secondary N) is 1. The van der Waals surface area contributed by atoms with Crippen molar-refractivity contribution in [2.24, 2.45) is 0 Å². The second-order valence-corrected chi connectivity index (χ2v) is 7.03. The van der Waals surface area contributed by atoms with E-state index in [4.69, 9.17) is 0 Å². The molecule has 1 aliphatic carbocycles. The molecule has 5 nitrogen and oxygen atoms in total. The Bertz CT molecular complexity index is 351. The molecule has 0 bridgehead atoms.